The number of rotatable bonds is 3. The molecule has 134 valence electrons. The lowest BCUT2D eigenvalue weighted by molar-refractivity contribution is -0.137. The van der Waals surface area contributed by atoms with E-state index in [4.69, 9.17) is 0 Å². The van der Waals surface area contributed by atoms with Gasteiger partial charge < -0.3 is 15.5 Å². The molecule has 1 aromatic carbocycles. The average molecular weight is 345 g/mol. The number of anilines is 2. The van der Waals surface area contributed by atoms with E-state index < -0.39 is 24.2 Å². The van der Waals surface area contributed by atoms with E-state index in [9.17, 15) is 22.8 Å². The van der Waals surface area contributed by atoms with Crippen molar-refractivity contribution in [3.63, 3.8) is 0 Å². The summed E-state index contributed by atoms with van der Waals surface area (Å²) in [4.78, 5) is 24.4. The first-order chi connectivity index (χ1) is 10.8. The van der Waals surface area contributed by atoms with Gasteiger partial charge in [-0.3, -0.25) is 4.79 Å². The van der Waals surface area contributed by atoms with Crippen LogP contribution in [-0.4, -0.2) is 36.6 Å². The molecule has 0 saturated heterocycles. The monoisotopic (exact) mass is 345 g/mol. The van der Waals surface area contributed by atoms with E-state index in [0.29, 0.717) is 21.8 Å². The minimum absolute atomic E-state index is 0.210. The van der Waals surface area contributed by atoms with E-state index in [-0.39, 0.29) is 5.91 Å². The van der Waals surface area contributed by atoms with Gasteiger partial charge >= 0.3 is 12.2 Å². The molecule has 3 amide bonds. The number of nitrogens with one attached hydrogen (secondary N) is 2. The van der Waals surface area contributed by atoms with Crippen LogP contribution in [0.2, 0.25) is 0 Å². The zero-order valence-electron chi connectivity index (χ0n) is 14.3. The summed E-state index contributed by atoms with van der Waals surface area (Å²) in [6.45, 7) is 5.62. The largest absolute Gasteiger partial charge is 0.406 e. The maximum atomic E-state index is 12.3. The fourth-order valence-electron chi connectivity index (χ4n) is 1.70. The lowest BCUT2D eigenvalue weighted by Crippen LogP contribution is -2.38. The summed E-state index contributed by atoms with van der Waals surface area (Å²) in [7, 11) is 1.06. The number of nitrogens with zero attached hydrogens (tertiary/aromatic N) is 1. The summed E-state index contributed by atoms with van der Waals surface area (Å²) >= 11 is 0. The van der Waals surface area contributed by atoms with Crippen LogP contribution in [0, 0.1) is 12.3 Å². The fourth-order valence-corrected chi connectivity index (χ4v) is 1.70. The number of benzene rings is 1. The van der Waals surface area contributed by atoms with Crippen LogP contribution in [0.1, 0.15) is 26.3 Å². The number of alkyl halides is 3. The Morgan fingerprint density at radius 2 is 1.71 bits per heavy atom. The second-order valence-corrected chi connectivity index (χ2v) is 6.64. The molecule has 0 heterocycles. The van der Waals surface area contributed by atoms with Crippen molar-refractivity contribution in [2.24, 2.45) is 5.41 Å². The molecule has 2 N–H and O–H groups in total. The first kappa shape index (κ1) is 19.8. The summed E-state index contributed by atoms with van der Waals surface area (Å²) in [6, 6.07) is 3.96. The summed E-state index contributed by atoms with van der Waals surface area (Å²) in [6.07, 6.45) is -4.47. The lowest BCUT2D eigenvalue weighted by Gasteiger charge is -2.21. The van der Waals surface area contributed by atoms with E-state index in [0.717, 1.165) is 7.05 Å². The Kier molecular flexibility index (Phi) is 5.86. The van der Waals surface area contributed by atoms with Crippen molar-refractivity contribution in [3.05, 3.63) is 23.8 Å². The van der Waals surface area contributed by atoms with Crippen LogP contribution in [0.15, 0.2) is 18.2 Å². The Bertz CT molecular complexity index is 622. The van der Waals surface area contributed by atoms with Crippen molar-refractivity contribution >= 4 is 23.3 Å². The van der Waals surface area contributed by atoms with Gasteiger partial charge in [-0.2, -0.15) is 13.2 Å². The molecule has 0 spiro atoms. The van der Waals surface area contributed by atoms with E-state index in [1.165, 1.54) is 6.07 Å². The van der Waals surface area contributed by atoms with E-state index in [1.807, 2.05) is 0 Å². The topological polar surface area (TPSA) is 61.4 Å². The first-order valence-corrected chi connectivity index (χ1v) is 7.30. The zero-order valence-corrected chi connectivity index (χ0v) is 14.3. The minimum atomic E-state index is -4.47. The van der Waals surface area contributed by atoms with Crippen LogP contribution in [-0.2, 0) is 4.79 Å². The Balaban J connectivity index is 2.87. The molecule has 0 aromatic heterocycles. The standard InChI is InChI=1S/C16H22F3N3O2/c1-10-6-7-11(20-13(23)15(2,3)4)8-12(10)21-14(24)22(5)9-16(17,18)19/h6-8H,9H2,1-5H3,(H,20,23)(H,21,24). The third-order valence-electron chi connectivity index (χ3n) is 3.18. The first-order valence-electron chi connectivity index (χ1n) is 7.30. The number of halogens is 3. The molecule has 0 aliphatic heterocycles. The quantitative estimate of drug-likeness (QED) is 0.870. The predicted molar refractivity (Wildman–Crippen MR) is 87.0 cm³/mol. The van der Waals surface area contributed by atoms with Gasteiger partial charge in [-0.25, -0.2) is 4.79 Å². The number of carbonyl (C=O) groups excluding carboxylic acids is 2. The Labute approximate surface area is 139 Å². The SMILES string of the molecule is Cc1ccc(NC(=O)C(C)(C)C)cc1NC(=O)N(C)CC(F)(F)F. The highest BCUT2D eigenvalue weighted by molar-refractivity contribution is 5.96. The van der Waals surface area contributed by atoms with Crippen molar-refractivity contribution in [3.8, 4) is 0 Å². The molecule has 0 atom stereocenters. The molecule has 1 aromatic rings. The van der Waals surface area contributed by atoms with Gasteiger partial charge in [0.05, 0.1) is 0 Å². The van der Waals surface area contributed by atoms with Crippen molar-refractivity contribution < 1.29 is 22.8 Å². The highest BCUT2D eigenvalue weighted by Crippen LogP contribution is 2.23. The number of amides is 3. The van der Waals surface area contributed by atoms with Gasteiger partial charge in [0.1, 0.15) is 6.54 Å². The van der Waals surface area contributed by atoms with Gasteiger partial charge in [0.15, 0.2) is 0 Å². The van der Waals surface area contributed by atoms with E-state index in [1.54, 1.807) is 39.8 Å². The summed E-state index contributed by atoms with van der Waals surface area (Å²) in [5.74, 6) is -0.210. The van der Waals surface area contributed by atoms with E-state index in [2.05, 4.69) is 10.6 Å². The van der Waals surface area contributed by atoms with Gasteiger partial charge in [-0.1, -0.05) is 26.8 Å². The number of aryl methyl sites for hydroxylation is 1. The van der Waals surface area contributed by atoms with Crippen LogP contribution in [0.5, 0.6) is 0 Å². The Hall–Kier alpha value is -2.25. The van der Waals surface area contributed by atoms with Crippen LogP contribution in [0.25, 0.3) is 0 Å². The maximum absolute atomic E-state index is 12.3. The molecular formula is C16H22F3N3O2. The smallest absolute Gasteiger partial charge is 0.326 e. The summed E-state index contributed by atoms with van der Waals surface area (Å²) in [5, 5.41) is 5.13. The van der Waals surface area contributed by atoms with Crippen LogP contribution < -0.4 is 10.6 Å². The molecule has 0 saturated carbocycles. The average Bonchev–Trinajstić information content (AvgIpc) is 2.39. The van der Waals surface area contributed by atoms with Gasteiger partial charge in [-0.15, -0.1) is 0 Å². The molecule has 0 bridgehead atoms. The molecule has 0 aliphatic rings. The van der Waals surface area contributed by atoms with E-state index >= 15 is 0 Å². The third-order valence-corrected chi connectivity index (χ3v) is 3.18. The number of hydrogen-bond acceptors (Lipinski definition) is 2. The second-order valence-electron chi connectivity index (χ2n) is 6.64. The van der Waals surface area contributed by atoms with Crippen molar-refractivity contribution in [1.29, 1.82) is 0 Å². The van der Waals surface area contributed by atoms with Crippen LogP contribution in [0.3, 0.4) is 0 Å². The number of urea groups is 1. The van der Waals surface area contributed by atoms with Crippen LogP contribution in [0.4, 0.5) is 29.3 Å². The Morgan fingerprint density at radius 3 is 2.21 bits per heavy atom. The minimum Gasteiger partial charge on any atom is -0.326 e. The van der Waals surface area contributed by atoms with Crippen molar-refractivity contribution in [2.75, 3.05) is 24.2 Å². The molecular weight excluding hydrogens is 323 g/mol. The highest BCUT2D eigenvalue weighted by atomic mass is 19.4. The lowest BCUT2D eigenvalue weighted by atomic mass is 9.95. The predicted octanol–water partition coefficient (Wildman–Crippen LogP) is 4.01. The molecule has 5 nitrogen and oxygen atoms in total. The zero-order chi connectivity index (χ0) is 18.7. The molecule has 0 unspecified atom stereocenters. The van der Waals surface area contributed by atoms with Crippen LogP contribution >= 0.6 is 0 Å². The maximum Gasteiger partial charge on any atom is 0.406 e. The Morgan fingerprint density at radius 1 is 1.12 bits per heavy atom. The fraction of sp³-hybridized carbons (Fsp3) is 0.500. The molecule has 1 rings (SSSR count). The van der Waals surface area contributed by atoms with Gasteiger partial charge in [-0.05, 0) is 24.6 Å². The number of hydrogen-bond donors (Lipinski definition) is 2. The molecule has 8 heteroatoms. The van der Waals surface area contributed by atoms with Crippen molar-refractivity contribution in [1.82, 2.24) is 4.90 Å². The van der Waals surface area contributed by atoms with Gasteiger partial charge in [0.25, 0.3) is 0 Å². The highest BCUT2D eigenvalue weighted by Gasteiger charge is 2.31. The van der Waals surface area contributed by atoms with Crippen molar-refractivity contribution in [2.45, 2.75) is 33.9 Å². The molecule has 0 radical (unpaired) electrons. The summed E-state index contributed by atoms with van der Waals surface area (Å²) < 4.78 is 37.0. The normalized spacial score (nSPS) is 11.8. The summed E-state index contributed by atoms with van der Waals surface area (Å²) in [5.41, 5.74) is 0.855. The van der Waals surface area contributed by atoms with Gasteiger partial charge in [0.2, 0.25) is 5.91 Å². The van der Waals surface area contributed by atoms with Gasteiger partial charge in [0, 0.05) is 23.8 Å². The molecule has 0 fully saturated rings. The molecule has 24 heavy (non-hydrogen) atoms. The number of carbonyl (C=O) groups is 2. The second kappa shape index (κ2) is 7.11. The molecule has 0 aliphatic carbocycles. The third kappa shape index (κ3) is 6.10.